The molecular weight excluding hydrogens is 377 g/mol. The van der Waals surface area contributed by atoms with Gasteiger partial charge in [0.15, 0.2) is 0 Å². The van der Waals surface area contributed by atoms with Crippen LogP contribution in [0.4, 0.5) is 18.9 Å². The fourth-order valence-electron chi connectivity index (χ4n) is 3.60. The number of rotatable bonds is 1. The van der Waals surface area contributed by atoms with E-state index in [1.165, 1.54) is 12.1 Å². The lowest BCUT2D eigenvalue weighted by molar-refractivity contribution is -0.137. The zero-order valence-electron chi connectivity index (χ0n) is 15.6. The minimum atomic E-state index is -4.52. The van der Waals surface area contributed by atoms with Crippen molar-refractivity contribution in [3.05, 3.63) is 81.9 Å². The molecule has 4 rings (SSSR count). The zero-order valence-corrected chi connectivity index (χ0v) is 15.6. The lowest BCUT2D eigenvalue weighted by Gasteiger charge is -2.12. The maximum atomic E-state index is 13.7. The molecule has 0 aliphatic heterocycles. The third-order valence-corrected chi connectivity index (χ3v) is 5.04. The predicted molar refractivity (Wildman–Crippen MR) is 104 cm³/mol. The lowest BCUT2D eigenvalue weighted by atomic mass is 9.98. The molecule has 6 heteroatoms. The predicted octanol–water partition coefficient (Wildman–Crippen LogP) is 6.05. The molecular formula is C23H15F3N2O. The molecule has 0 unspecified atom stereocenters. The number of aliphatic imine (C=N–C) groups is 1. The van der Waals surface area contributed by atoms with Crippen LogP contribution in [0, 0.1) is 25.2 Å². The number of phenolic OH excluding ortho intramolecular Hbond substituents is 1. The van der Waals surface area contributed by atoms with Crippen molar-refractivity contribution in [3.63, 3.8) is 0 Å². The topological polar surface area (TPSA) is 56.4 Å². The van der Waals surface area contributed by atoms with Crippen LogP contribution in [0.1, 0.15) is 33.4 Å². The van der Waals surface area contributed by atoms with Crippen molar-refractivity contribution in [1.82, 2.24) is 0 Å². The maximum Gasteiger partial charge on any atom is 0.417 e. The number of phenols is 1. The van der Waals surface area contributed by atoms with E-state index in [0.29, 0.717) is 44.8 Å². The summed E-state index contributed by atoms with van der Waals surface area (Å²) in [6.07, 6.45) is -4.52. The second-order valence-electron chi connectivity index (χ2n) is 6.98. The first-order valence-corrected chi connectivity index (χ1v) is 8.85. The highest BCUT2D eigenvalue weighted by molar-refractivity contribution is 6.25. The summed E-state index contributed by atoms with van der Waals surface area (Å²) < 4.78 is 41.0. The number of benzene rings is 3. The van der Waals surface area contributed by atoms with E-state index < -0.39 is 11.7 Å². The Morgan fingerprint density at radius 2 is 1.69 bits per heavy atom. The van der Waals surface area contributed by atoms with E-state index in [4.69, 9.17) is 0 Å². The van der Waals surface area contributed by atoms with E-state index in [9.17, 15) is 23.5 Å². The quantitative estimate of drug-likeness (QED) is 0.429. The zero-order chi connectivity index (χ0) is 20.9. The molecule has 0 saturated carbocycles. The molecule has 1 N–H and O–H groups in total. The number of hydrogen-bond acceptors (Lipinski definition) is 3. The normalized spacial score (nSPS) is 13.9. The van der Waals surface area contributed by atoms with Gasteiger partial charge >= 0.3 is 6.18 Å². The number of fused-ring (bicyclic) bond motifs is 3. The van der Waals surface area contributed by atoms with Crippen molar-refractivity contribution in [2.75, 3.05) is 0 Å². The molecule has 0 aromatic heterocycles. The second kappa shape index (κ2) is 6.49. The molecule has 0 bridgehead atoms. The average molecular weight is 392 g/mol. The number of nitrogens with zero attached hydrogens (tertiary/aromatic N) is 2. The highest BCUT2D eigenvalue weighted by Gasteiger charge is 2.38. The molecule has 144 valence electrons. The molecule has 1 aliphatic carbocycles. The van der Waals surface area contributed by atoms with Gasteiger partial charge in [0.05, 0.1) is 28.6 Å². The molecule has 3 aromatic carbocycles. The van der Waals surface area contributed by atoms with E-state index in [1.807, 2.05) is 6.07 Å². The Bertz CT molecular complexity index is 1230. The van der Waals surface area contributed by atoms with E-state index >= 15 is 0 Å². The summed E-state index contributed by atoms with van der Waals surface area (Å²) in [5, 5.41) is 19.1. The van der Waals surface area contributed by atoms with E-state index in [1.54, 1.807) is 44.2 Å². The Hall–Kier alpha value is -3.59. The van der Waals surface area contributed by atoms with Gasteiger partial charge in [0.25, 0.3) is 0 Å². The van der Waals surface area contributed by atoms with E-state index in [2.05, 4.69) is 4.99 Å². The third-order valence-electron chi connectivity index (χ3n) is 5.04. The second-order valence-corrected chi connectivity index (χ2v) is 6.98. The van der Waals surface area contributed by atoms with Crippen LogP contribution >= 0.6 is 0 Å². The van der Waals surface area contributed by atoms with Gasteiger partial charge in [-0.05, 0) is 60.9 Å². The number of halogens is 3. The van der Waals surface area contributed by atoms with Gasteiger partial charge in [0.1, 0.15) is 5.75 Å². The van der Waals surface area contributed by atoms with Gasteiger partial charge < -0.3 is 5.11 Å². The first kappa shape index (κ1) is 18.8. The molecule has 0 heterocycles. The fraction of sp³-hybridized carbons (Fsp3) is 0.130. The Kier molecular flexibility index (Phi) is 4.20. The van der Waals surface area contributed by atoms with Crippen LogP contribution in [0.25, 0.3) is 11.1 Å². The molecule has 1 aliphatic rings. The number of nitriles is 1. The van der Waals surface area contributed by atoms with Crippen molar-refractivity contribution in [3.8, 4) is 22.9 Å². The number of aromatic hydroxyl groups is 1. The highest BCUT2D eigenvalue weighted by atomic mass is 19.4. The van der Waals surface area contributed by atoms with E-state index in [0.717, 1.165) is 6.07 Å². The largest absolute Gasteiger partial charge is 0.508 e. The Balaban J connectivity index is 2.06. The summed E-state index contributed by atoms with van der Waals surface area (Å²) in [6, 6.07) is 13.9. The molecule has 0 fully saturated rings. The van der Waals surface area contributed by atoms with Crippen LogP contribution in [0.5, 0.6) is 5.75 Å². The number of hydrogen-bond donors (Lipinski definition) is 1. The van der Waals surface area contributed by atoms with Gasteiger partial charge in [-0.1, -0.05) is 18.2 Å². The minimum Gasteiger partial charge on any atom is -0.508 e. The summed E-state index contributed by atoms with van der Waals surface area (Å²) in [7, 11) is 0. The molecule has 0 spiro atoms. The molecule has 29 heavy (non-hydrogen) atoms. The summed E-state index contributed by atoms with van der Waals surface area (Å²) in [4.78, 5) is 4.67. The van der Waals surface area contributed by atoms with Crippen LogP contribution in [-0.2, 0) is 6.18 Å². The molecule has 0 radical (unpaired) electrons. The summed E-state index contributed by atoms with van der Waals surface area (Å²) in [5.41, 5.74) is 3.19. The van der Waals surface area contributed by atoms with Crippen LogP contribution < -0.4 is 0 Å². The Morgan fingerprint density at radius 1 is 0.931 bits per heavy atom. The van der Waals surface area contributed by atoms with Gasteiger partial charge in [0.2, 0.25) is 0 Å². The fourth-order valence-corrected chi connectivity index (χ4v) is 3.60. The van der Waals surface area contributed by atoms with Crippen LogP contribution in [0.3, 0.4) is 0 Å². The van der Waals surface area contributed by atoms with Crippen molar-refractivity contribution in [2.24, 2.45) is 4.99 Å². The van der Waals surface area contributed by atoms with Crippen molar-refractivity contribution < 1.29 is 18.3 Å². The van der Waals surface area contributed by atoms with Gasteiger partial charge in [-0.3, -0.25) is 0 Å². The molecule has 3 aromatic rings. The Morgan fingerprint density at radius 3 is 2.38 bits per heavy atom. The summed E-state index contributed by atoms with van der Waals surface area (Å²) in [6.45, 7) is 3.50. The first-order valence-electron chi connectivity index (χ1n) is 8.85. The van der Waals surface area contributed by atoms with Crippen LogP contribution in [0.15, 0.2) is 53.5 Å². The Labute approximate surface area is 165 Å². The summed E-state index contributed by atoms with van der Waals surface area (Å²) >= 11 is 0. The molecule has 0 atom stereocenters. The van der Waals surface area contributed by atoms with Gasteiger partial charge in [-0.25, -0.2) is 4.99 Å². The monoisotopic (exact) mass is 392 g/mol. The molecule has 0 saturated heterocycles. The first-order chi connectivity index (χ1) is 13.7. The lowest BCUT2D eigenvalue weighted by Crippen LogP contribution is -2.08. The van der Waals surface area contributed by atoms with Gasteiger partial charge in [-0.2, -0.15) is 18.4 Å². The average Bonchev–Trinajstić information content (AvgIpc) is 2.98. The smallest absolute Gasteiger partial charge is 0.417 e. The third kappa shape index (κ3) is 3.05. The number of aryl methyl sites for hydroxylation is 2. The number of alkyl halides is 3. The van der Waals surface area contributed by atoms with Crippen LogP contribution in [0.2, 0.25) is 0 Å². The molecule has 0 amide bonds. The van der Waals surface area contributed by atoms with Crippen LogP contribution in [-0.4, -0.2) is 10.8 Å². The van der Waals surface area contributed by atoms with Gasteiger partial charge in [-0.15, -0.1) is 0 Å². The van der Waals surface area contributed by atoms with Crippen molar-refractivity contribution in [2.45, 2.75) is 20.0 Å². The van der Waals surface area contributed by atoms with Gasteiger partial charge in [0, 0.05) is 16.7 Å². The SMILES string of the molecule is Cc1cc(N=C2c3cc(C#N)ccc3-c3c2cccc3C(F)(F)F)c(C)cc1O. The summed E-state index contributed by atoms with van der Waals surface area (Å²) in [5.74, 6) is 0.129. The van der Waals surface area contributed by atoms with Crippen molar-refractivity contribution in [1.29, 1.82) is 5.26 Å². The molecule has 3 nitrogen and oxygen atoms in total. The van der Waals surface area contributed by atoms with E-state index in [-0.39, 0.29) is 11.3 Å². The minimum absolute atomic E-state index is 0.0754. The standard InChI is InChI=1S/C23H15F3N2O/c1-12-9-20(29)13(2)8-19(12)28-22-16-4-3-5-18(23(24,25)26)21(16)15-7-6-14(11-27)10-17(15)22/h3-10,29H,1-2H3. The maximum absolute atomic E-state index is 13.7. The highest BCUT2D eigenvalue weighted by Crippen LogP contribution is 2.46. The van der Waals surface area contributed by atoms with Crippen molar-refractivity contribution >= 4 is 11.4 Å².